The van der Waals surface area contributed by atoms with Crippen molar-refractivity contribution in [2.45, 2.75) is 31.4 Å². The minimum absolute atomic E-state index is 0.248. The van der Waals surface area contributed by atoms with E-state index in [-0.39, 0.29) is 10.7 Å². The fourth-order valence-corrected chi connectivity index (χ4v) is 3.92. The summed E-state index contributed by atoms with van der Waals surface area (Å²) in [5.41, 5.74) is 2.21. The van der Waals surface area contributed by atoms with Gasteiger partial charge in [-0.2, -0.15) is 11.8 Å². The highest BCUT2D eigenvalue weighted by Gasteiger charge is 2.26. The fourth-order valence-electron chi connectivity index (χ4n) is 2.82. The Bertz CT molecular complexity index is 647. The van der Waals surface area contributed by atoms with Gasteiger partial charge in [0.05, 0.1) is 6.42 Å². The predicted molar refractivity (Wildman–Crippen MR) is 89.7 cm³/mol. The third-order valence-electron chi connectivity index (χ3n) is 4.21. The summed E-state index contributed by atoms with van der Waals surface area (Å²) in [6.07, 6.45) is 3.53. The zero-order chi connectivity index (χ0) is 14.9. The number of benzene rings is 1. The van der Waals surface area contributed by atoms with E-state index in [1.54, 1.807) is 0 Å². The second-order valence-corrected chi connectivity index (χ2v) is 8.08. The van der Waals surface area contributed by atoms with Crippen molar-refractivity contribution in [3.05, 3.63) is 36.0 Å². The minimum atomic E-state index is 0.248. The van der Waals surface area contributed by atoms with Crippen LogP contribution in [0.1, 0.15) is 25.8 Å². The van der Waals surface area contributed by atoms with Crippen LogP contribution in [0, 0.1) is 0 Å². The minimum Gasteiger partial charge on any atom is -0.361 e. The Morgan fingerprint density at radius 3 is 3.00 bits per heavy atom. The molecule has 0 radical (unpaired) electrons. The molecule has 1 fully saturated rings. The number of hydrogen-bond donors (Lipinski definition) is 1. The van der Waals surface area contributed by atoms with E-state index >= 15 is 0 Å². The van der Waals surface area contributed by atoms with Gasteiger partial charge in [-0.15, -0.1) is 0 Å². The monoisotopic (exact) mass is 302 g/mol. The molecule has 0 saturated carbocycles. The van der Waals surface area contributed by atoms with Gasteiger partial charge < -0.3 is 9.88 Å². The van der Waals surface area contributed by atoms with Crippen molar-refractivity contribution in [2.75, 3.05) is 18.8 Å². The number of carbonyl (C=O) groups excluding carboxylic acids is 1. The zero-order valence-electron chi connectivity index (χ0n) is 12.7. The molecule has 1 aromatic carbocycles. The van der Waals surface area contributed by atoms with E-state index < -0.39 is 0 Å². The van der Waals surface area contributed by atoms with Gasteiger partial charge >= 0.3 is 0 Å². The second kappa shape index (κ2) is 5.76. The summed E-state index contributed by atoms with van der Waals surface area (Å²) in [4.78, 5) is 17.9. The van der Waals surface area contributed by atoms with Gasteiger partial charge in [0.2, 0.25) is 5.91 Å². The van der Waals surface area contributed by atoms with Crippen LogP contribution in [0.4, 0.5) is 0 Å². The van der Waals surface area contributed by atoms with Crippen molar-refractivity contribution in [1.29, 1.82) is 0 Å². The molecule has 0 aliphatic carbocycles. The molecule has 1 amide bonds. The summed E-state index contributed by atoms with van der Waals surface area (Å²) in [6, 6.07) is 8.16. The molecule has 112 valence electrons. The number of para-hydroxylation sites is 1. The lowest BCUT2D eigenvalue weighted by Gasteiger charge is -2.22. The molecule has 1 aliphatic rings. The van der Waals surface area contributed by atoms with Gasteiger partial charge in [0, 0.05) is 40.7 Å². The Kier molecular flexibility index (Phi) is 3.98. The molecule has 4 heteroatoms. The largest absolute Gasteiger partial charge is 0.361 e. The molecule has 3 nitrogen and oxygen atoms in total. The highest BCUT2D eigenvalue weighted by Crippen LogP contribution is 2.31. The molecule has 2 heterocycles. The number of hydrogen-bond acceptors (Lipinski definition) is 2. The third kappa shape index (κ3) is 3.26. The number of nitrogens with zero attached hydrogens (tertiary/aromatic N) is 1. The number of H-pyrrole nitrogens is 1. The quantitative estimate of drug-likeness (QED) is 0.922. The van der Waals surface area contributed by atoms with E-state index in [0.717, 1.165) is 41.7 Å². The molecule has 21 heavy (non-hydrogen) atoms. The molecule has 1 aromatic heterocycles. The van der Waals surface area contributed by atoms with Crippen molar-refractivity contribution < 1.29 is 4.79 Å². The predicted octanol–water partition coefficient (Wildman–Crippen LogP) is 3.45. The summed E-state index contributed by atoms with van der Waals surface area (Å²) in [5.74, 6) is 1.28. The average molecular weight is 302 g/mol. The Labute approximate surface area is 130 Å². The Morgan fingerprint density at radius 2 is 2.14 bits per heavy atom. The summed E-state index contributed by atoms with van der Waals surface area (Å²) in [5, 5.41) is 1.16. The van der Waals surface area contributed by atoms with Crippen molar-refractivity contribution in [1.82, 2.24) is 9.88 Å². The Morgan fingerprint density at radius 1 is 1.33 bits per heavy atom. The molecule has 0 bridgehead atoms. The number of thioether (sulfide) groups is 1. The van der Waals surface area contributed by atoms with Gasteiger partial charge in [-0.1, -0.05) is 32.0 Å². The smallest absolute Gasteiger partial charge is 0.227 e. The van der Waals surface area contributed by atoms with Crippen LogP contribution in [-0.4, -0.2) is 39.4 Å². The lowest BCUT2D eigenvalue weighted by molar-refractivity contribution is -0.130. The first kappa shape index (κ1) is 14.5. The summed E-state index contributed by atoms with van der Waals surface area (Å²) < 4.78 is 0.288. The normalized spacial score (nSPS) is 18.7. The van der Waals surface area contributed by atoms with E-state index in [2.05, 4.69) is 31.0 Å². The van der Waals surface area contributed by atoms with E-state index in [0.29, 0.717) is 6.42 Å². The van der Waals surface area contributed by atoms with Gasteiger partial charge in [0.1, 0.15) is 0 Å². The maximum absolute atomic E-state index is 12.6. The highest BCUT2D eigenvalue weighted by atomic mass is 32.2. The van der Waals surface area contributed by atoms with Crippen LogP contribution < -0.4 is 0 Å². The van der Waals surface area contributed by atoms with E-state index in [1.165, 1.54) is 0 Å². The molecule has 0 spiro atoms. The van der Waals surface area contributed by atoms with Crippen molar-refractivity contribution in [3.63, 3.8) is 0 Å². The number of nitrogens with one attached hydrogen (secondary N) is 1. The topological polar surface area (TPSA) is 36.1 Å². The molecular weight excluding hydrogens is 280 g/mol. The maximum atomic E-state index is 12.6. The van der Waals surface area contributed by atoms with E-state index in [9.17, 15) is 4.79 Å². The van der Waals surface area contributed by atoms with Crippen LogP contribution in [0.15, 0.2) is 30.5 Å². The van der Waals surface area contributed by atoms with Crippen LogP contribution in [0.5, 0.6) is 0 Å². The number of aromatic amines is 1. The zero-order valence-corrected chi connectivity index (χ0v) is 13.5. The van der Waals surface area contributed by atoms with Gasteiger partial charge in [0.25, 0.3) is 0 Å². The first-order chi connectivity index (χ1) is 10.1. The van der Waals surface area contributed by atoms with Gasteiger partial charge in [-0.05, 0) is 18.1 Å². The lowest BCUT2D eigenvalue weighted by Crippen LogP contribution is -2.34. The molecule has 0 atom stereocenters. The standard InChI is InChI=1S/C17H22N2OS/c1-17(2)7-8-19(9-10-21-17)16(20)11-13-12-18-15-6-4-3-5-14(13)15/h3-6,12,18H,7-11H2,1-2H3. The van der Waals surface area contributed by atoms with Crippen molar-refractivity contribution in [2.24, 2.45) is 0 Å². The van der Waals surface area contributed by atoms with Crippen LogP contribution in [0.2, 0.25) is 0 Å². The summed E-state index contributed by atoms with van der Waals surface area (Å²) >= 11 is 1.97. The first-order valence-corrected chi connectivity index (χ1v) is 8.50. The first-order valence-electron chi connectivity index (χ1n) is 7.52. The van der Waals surface area contributed by atoms with Crippen molar-refractivity contribution in [3.8, 4) is 0 Å². The number of amides is 1. The molecule has 0 unspecified atom stereocenters. The van der Waals surface area contributed by atoms with Gasteiger partial charge in [0.15, 0.2) is 0 Å². The second-order valence-electron chi connectivity index (χ2n) is 6.28. The number of aromatic nitrogens is 1. The summed E-state index contributed by atoms with van der Waals surface area (Å²) in [6.45, 7) is 6.28. The number of fused-ring (bicyclic) bond motifs is 1. The SMILES string of the molecule is CC1(C)CCN(C(=O)Cc2c[nH]c3ccccc23)CCS1. The third-order valence-corrected chi connectivity index (χ3v) is 5.58. The lowest BCUT2D eigenvalue weighted by atomic mass is 10.1. The average Bonchev–Trinajstić information content (AvgIpc) is 2.76. The van der Waals surface area contributed by atoms with Crippen molar-refractivity contribution >= 4 is 28.6 Å². The number of rotatable bonds is 2. The van der Waals surface area contributed by atoms with E-state index in [1.807, 2.05) is 35.0 Å². The fraction of sp³-hybridized carbons (Fsp3) is 0.471. The molecule has 1 aliphatic heterocycles. The van der Waals surface area contributed by atoms with Crippen LogP contribution >= 0.6 is 11.8 Å². The molecule has 3 rings (SSSR count). The van der Waals surface area contributed by atoms with Crippen LogP contribution in [0.25, 0.3) is 10.9 Å². The molecule has 1 N–H and O–H groups in total. The highest BCUT2D eigenvalue weighted by molar-refractivity contribution is 8.00. The number of carbonyl (C=O) groups is 1. The van der Waals surface area contributed by atoms with Gasteiger partial charge in [-0.3, -0.25) is 4.79 Å². The van der Waals surface area contributed by atoms with Gasteiger partial charge in [-0.25, -0.2) is 0 Å². The molecule has 1 saturated heterocycles. The summed E-state index contributed by atoms with van der Waals surface area (Å²) in [7, 11) is 0. The Balaban J connectivity index is 1.71. The Hall–Kier alpha value is -1.42. The molecule has 2 aromatic rings. The van der Waals surface area contributed by atoms with Crippen LogP contribution in [-0.2, 0) is 11.2 Å². The molecular formula is C17H22N2OS. The maximum Gasteiger partial charge on any atom is 0.227 e. The van der Waals surface area contributed by atoms with Crippen LogP contribution in [0.3, 0.4) is 0 Å². The van der Waals surface area contributed by atoms with E-state index in [4.69, 9.17) is 0 Å².